The van der Waals surface area contributed by atoms with Gasteiger partial charge in [0.1, 0.15) is 0 Å². The summed E-state index contributed by atoms with van der Waals surface area (Å²) in [6.07, 6.45) is 4.71. The average molecular weight is 199 g/mol. The Labute approximate surface area is 86.0 Å². The third-order valence-corrected chi connectivity index (χ3v) is 3.73. The highest BCUT2D eigenvalue weighted by Gasteiger charge is 2.40. The molecular formula is C11H21NO2. The van der Waals surface area contributed by atoms with Gasteiger partial charge in [0.25, 0.3) is 0 Å². The Hall–Kier alpha value is -0.120. The fourth-order valence-corrected chi connectivity index (χ4v) is 2.91. The fourth-order valence-electron chi connectivity index (χ4n) is 2.91. The number of rotatable bonds is 3. The van der Waals surface area contributed by atoms with Gasteiger partial charge < -0.3 is 9.84 Å². The standard InChI is InChI=1S/C11H21NO2/c1-8(14-2)7-12-9-3-4-10(12)6-11(13)5-9/h8-11,13H,3-7H2,1-2H3. The number of fused-ring (bicyclic) bond motifs is 2. The largest absolute Gasteiger partial charge is 0.393 e. The number of nitrogens with zero attached hydrogens (tertiary/aromatic N) is 1. The quantitative estimate of drug-likeness (QED) is 0.736. The van der Waals surface area contributed by atoms with Gasteiger partial charge in [0.2, 0.25) is 0 Å². The van der Waals surface area contributed by atoms with Gasteiger partial charge in [0.15, 0.2) is 0 Å². The maximum absolute atomic E-state index is 9.64. The molecule has 3 atom stereocenters. The molecule has 82 valence electrons. The summed E-state index contributed by atoms with van der Waals surface area (Å²) in [5.41, 5.74) is 0. The van der Waals surface area contributed by atoms with Gasteiger partial charge >= 0.3 is 0 Å². The first-order chi connectivity index (χ1) is 6.70. The van der Waals surface area contributed by atoms with E-state index in [-0.39, 0.29) is 6.10 Å². The summed E-state index contributed by atoms with van der Waals surface area (Å²) in [7, 11) is 1.77. The van der Waals surface area contributed by atoms with Crippen molar-refractivity contribution in [2.24, 2.45) is 0 Å². The zero-order valence-corrected chi connectivity index (χ0v) is 9.15. The van der Waals surface area contributed by atoms with E-state index in [4.69, 9.17) is 4.74 Å². The lowest BCUT2D eigenvalue weighted by Gasteiger charge is -2.38. The van der Waals surface area contributed by atoms with Crippen LogP contribution in [0.2, 0.25) is 0 Å². The normalized spacial score (nSPS) is 40.1. The van der Waals surface area contributed by atoms with Crippen molar-refractivity contribution in [3.63, 3.8) is 0 Å². The number of ether oxygens (including phenoxy) is 1. The van der Waals surface area contributed by atoms with Crippen molar-refractivity contribution < 1.29 is 9.84 Å². The molecule has 3 nitrogen and oxygen atoms in total. The van der Waals surface area contributed by atoms with E-state index in [2.05, 4.69) is 11.8 Å². The van der Waals surface area contributed by atoms with Crippen LogP contribution >= 0.6 is 0 Å². The molecule has 0 amide bonds. The molecule has 2 heterocycles. The first-order valence-electron chi connectivity index (χ1n) is 5.67. The molecule has 0 aromatic carbocycles. The molecule has 0 radical (unpaired) electrons. The third kappa shape index (κ3) is 1.95. The summed E-state index contributed by atoms with van der Waals surface area (Å²) in [5, 5.41) is 9.64. The Morgan fingerprint density at radius 2 is 1.93 bits per heavy atom. The molecule has 0 aromatic heterocycles. The van der Waals surface area contributed by atoms with Crippen LogP contribution in [0.3, 0.4) is 0 Å². The van der Waals surface area contributed by atoms with E-state index in [9.17, 15) is 5.11 Å². The van der Waals surface area contributed by atoms with E-state index in [1.165, 1.54) is 12.8 Å². The predicted molar refractivity (Wildman–Crippen MR) is 55.2 cm³/mol. The van der Waals surface area contributed by atoms with Gasteiger partial charge in [0, 0.05) is 25.7 Å². The molecule has 2 rings (SSSR count). The topological polar surface area (TPSA) is 32.7 Å². The van der Waals surface area contributed by atoms with Gasteiger partial charge in [0.05, 0.1) is 12.2 Å². The molecule has 1 N–H and O–H groups in total. The van der Waals surface area contributed by atoms with Crippen molar-refractivity contribution in [1.82, 2.24) is 4.90 Å². The van der Waals surface area contributed by atoms with E-state index in [1.807, 2.05) is 0 Å². The van der Waals surface area contributed by atoms with Gasteiger partial charge in [-0.05, 0) is 32.6 Å². The molecule has 2 fully saturated rings. The van der Waals surface area contributed by atoms with Crippen LogP contribution in [0, 0.1) is 0 Å². The van der Waals surface area contributed by atoms with Crippen LogP contribution in [0.1, 0.15) is 32.6 Å². The van der Waals surface area contributed by atoms with E-state index < -0.39 is 0 Å². The minimum Gasteiger partial charge on any atom is -0.393 e. The van der Waals surface area contributed by atoms with Crippen LogP contribution in [0.15, 0.2) is 0 Å². The number of aliphatic hydroxyl groups is 1. The van der Waals surface area contributed by atoms with Gasteiger partial charge in [-0.25, -0.2) is 0 Å². The van der Waals surface area contributed by atoms with Crippen molar-refractivity contribution in [2.75, 3.05) is 13.7 Å². The van der Waals surface area contributed by atoms with Crippen LogP contribution in [-0.2, 0) is 4.74 Å². The molecule has 3 unspecified atom stereocenters. The predicted octanol–water partition coefficient (Wildman–Crippen LogP) is 1.01. The minimum absolute atomic E-state index is 0.0541. The fraction of sp³-hybridized carbons (Fsp3) is 1.00. The van der Waals surface area contributed by atoms with Crippen molar-refractivity contribution >= 4 is 0 Å². The Morgan fingerprint density at radius 3 is 2.43 bits per heavy atom. The van der Waals surface area contributed by atoms with E-state index >= 15 is 0 Å². The zero-order valence-electron chi connectivity index (χ0n) is 9.15. The van der Waals surface area contributed by atoms with Gasteiger partial charge in [-0.3, -0.25) is 4.90 Å². The van der Waals surface area contributed by atoms with Crippen LogP contribution in [-0.4, -0.2) is 48.0 Å². The van der Waals surface area contributed by atoms with Gasteiger partial charge in [-0.15, -0.1) is 0 Å². The van der Waals surface area contributed by atoms with Crippen LogP contribution in [0.25, 0.3) is 0 Å². The second-order valence-corrected chi connectivity index (χ2v) is 4.75. The second-order valence-electron chi connectivity index (χ2n) is 4.75. The molecule has 2 aliphatic rings. The molecule has 0 aromatic rings. The Bertz CT molecular complexity index is 184. The highest BCUT2D eigenvalue weighted by atomic mass is 16.5. The molecule has 0 spiro atoms. The first-order valence-corrected chi connectivity index (χ1v) is 5.67. The molecule has 3 heteroatoms. The van der Waals surface area contributed by atoms with Crippen molar-refractivity contribution in [2.45, 2.75) is 56.9 Å². The highest BCUT2D eigenvalue weighted by Crippen LogP contribution is 2.35. The summed E-state index contributed by atoms with van der Waals surface area (Å²) in [6, 6.07) is 1.22. The third-order valence-electron chi connectivity index (χ3n) is 3.73. The monoisotopic (exact) mass is 199 g/mol. The number of piperidine rings is 1. The molecule has 0 aliphatic carbocycles. The molecule has 2 saturated heterocycles. The SMILES string of the molecule is COC(C)CN1C2CCC1CC(O)C2. The summed E-state index contributed by atoms with van der Waals surface area (Å²) in [4.78, 5) is 2.54. The zero-order chi connectivity index (χ0) is 10.1. The number of hydrogen-bond acceptors (Lipinski definition) is 3. The smallest absolute Gasteiger partial charge is 0.0670 e. The Morgan fingerprint density at radius 1 is 1.36 bits per heavy atom. The minimum atomic E-state index is -0.0541. The van der Waals surface area contributed by atoms with Gasteiger partial charge in [-0.2, -0.15) is 0 Å². The maximum atomic E-state index is 9.64. The lowest BCUT2D eigenvalue weighted by atomic mass is 9.99. The average Bonchev–Trinajstić information content (AvgIpc) is 2.41. The summed E-state index contributed by atoms with van der Waals surface area (Å²) in [5.74, 6) is 0. The van der Waals surface area contributed by atoms with Crippen LogP contribution in [0.4, 0.5) is 0 Å². The summed E-state index contributed by atoms with van der Waals surface area (Å²) < 4.78 is 5.30. The Balaban J connectivity index is 1.94. The Kier molecular flexibility index (Phi) is 3.10. The lowest BCUT2D eigenvalue weighted by molar-refractivity contribution is 0.00118. The second kappa shape index (κ2) is 4.17. The van der Waals surface area contributed by atoms with Crippen LogP contribution in [0.5, 0.6) is 0 Å². The highest BCUT2D eigenvalue weighted by molar-refractivity contribution is 4.95. The molecular weight excluding hydrogens is 178 g/mol. The van der Waals surface area contributed by atoms with Gasteiger partial charge in [-0.1, -0.05) is 0 Å². The first kappa shape index (κ1) is 10.4. The number of methoxy groups -OCH3 is 1. The lowest BCUT2D eigenvalue weighted by Crippen LogP contribution is -2.47. The molecule has 14 heavy (non-hydrogen) atoms. The molecule has 2 bridgehead atoms. The molecule has 2 aliphatic heterocycles. The van der Waals surface area contributed by atoms with Crippen molar-refractivity contribution in [3.8, 4) is 0 Å². The number of aliphatic hydroxyl groups excluding tert-OH is 1. The van der Waals surface area contributed by atoms with E-state index in [0.29, 0.717) is 18.2 Å². The van der Waals surface area contributed by atoms with E-state index in [0.717, 1.165) is 19.4 Å². The maximum Gasteiger partial charge on any atom is 0.0670 e. The van der Waals surface area contributed by atoms with E-state index in [1.54, 1.807) is 7.11 Å². The molecule has 0 saturated carbocycles. The summed E-state index contributed by atoms with van der Waals surface area (Å²) >= 11 is 0. The van der Waals surface area contributed by atoms with Crippen LogP contribution < -0.4 is 0 Å². The van der Waals surface area contributed by atoms with Crippen molar-refractivity contribution in [1.29, 1.82) is 0 Å². The number of hydrogen-bond donors (Lipinski definition) is 1. The van der Waals surface area contributed by atoms with Crippen molar-refractivity contribution in [3.05, 3.63) is 0 Å². The summed E-state index contributed by atoms with van der Waals surface area (Å²) in [6.45, 7) is 3.14.